The number of halogens is 4. The van der Waals surface area contributed by atoms with Gasteiger partial charge in [0.15, 0.2) is 5.17 Å². The van der Waals surface area contributed by atoms with Crippen LogP contribution in [0.2, 0.25) is 0 Å². The van der Waals surface area contributed by atoms with Crippen molar-refractivity contribution >= 4 is 38.5 Å². The van der Waals surface area contributed by atoms with Gasteiger partial charge in [0.1, 0.15) is 0 Å². The zero-order valence-corrected chi connectivity index (χ0v) is 10.9. The van der Waals surface area contributed by atoms with Crippen molar-refractivity contribution in [3.05, 3.63) is 28.2 Å². The van der Waals surface area contributed by atoms with Crippen molar-refractivity contribution in [3.8, 4) is 0 Å². The lowest BCUT2D eigenvalue weighted by Crippen LogP contribution is -2.13. The molecule has 0 radical (unpaired) electrons. The Morgan fingerprint density at radius 1 is 1.35 bits per heavy atom. The number of rotatable bonds is 1. The molecule has 0 amide bonds. The van der Waals surface area contributed by atoms with E-state index in [4.69, 9.17) is 0 Å². The van der Waals surface area contributed by atoms with Crippen LogP contribution in [0.25, 0.3) is 0 Å². The maximum atomic E-state index is 12.8. The van der Waals surface area contributed by atoms with E-state index in [1.54, 1.807) is 6.07 Å². The molecule has 1 aromatic rings. The molecule has 1 aliphatic rings. The van der Waals surface area contributed by atoms with Crippen LogP contribution in [0.15, 0.2) is 27.7 Å². The quantitative estimate of drug-likeness (QED) is 0.844. The largest absolute Gasteiger partial charge is 0.418 e. The number of nitrogens with zero attached hydrogens (tertiary/aromatic N) is 1. The zero-order valence-electron chi connectivity index (χ0n) is 8.51. The maximum Gasteiger partial charge on any atom is 0.418 e. The first kappa shape index (κ1) is 12.8. The summed E-state index contributed by atoms with van der Waals surface area (Å²) < 4.78 is 38.8. The minimum absolute atomic E-state index is 0.0360. The fourth-order valence-corrected chi connectivity index (χ4v) is 2.49. The Kier molecular flexibility index (Phi) is 3.67. The Morgan fingerprint density at radius 2 is 2.12 bits per heavy atom. The van der Waals surface area contributed by atoms with Gasteiger partial charge in [-0.2, -0.15) is 13.2 Å². The van der Waals surface area contributed by atoms with Gasteiger partial charge in [-0.05, 0) is 18.2 Å². The molecular formula is C10H8BrF3N2S. The van der Waals surface area contributed by atoms with Crippen molar-refractivity contribution in [1.29, 1.82) is 0 Å². The minimum atomic E-state index is -4.38. The van der Waals surface area contributed by atoms with Crippen LogP contribution < -0.4 is 5.32 Å². The monoisotopic (exact) mass is 324 g/mol. The first-order valence-corrected chi connectivity index (χ1v) is 6.56. The van der Waals surface area contributed by atoms with E-state index < -0.39 is 11.7 Å². The highest BCUT2D eigenvalue weighted by Crippen LogP contribution is 2.37. The van der Waals surface area contributed by atoms with E-state index in [9.17, 15) is 13.2 Å². The van der Waals surface area contributed by atoms with Gasteiger partial charge in [-0.15, -0.1) is 0 Å². The van der Waals surface area contributed by atoms with E-state index in [1.807, 2.05) is 0 Å². The highest BCUT2D eigenvalue weighted by molar-refractivity contribution is 9.10. The SMILES string of the molecule is FC(F)(F)c1cc(Br)ccc1NC1=NCCS1. The summed E-state index contributed by atoms with van der Waals surface area (Å²) in [6, 6.07) is 4.02. The molecule has 0 saturated heterocycles. The number of thioether (sulfide) groups is 1. The third-order valence-electron chi connectivity index (χ3n) is 2.11. The third-order valence-corrected chi connectivity index (χ3v) is 3.50. The summed E-state index contributed by atoms with van der Waals surface area (Å²) >= 11 is 4.46. The normalized spacial score (nSPS) is 15.9. The minimum Gasteiger partial charge on any atom is -0.334 e. The lowest BCUT2D eigenvalue weighted by Gasteiger charge is -2.14. The molecule has 0 aliphatic carbocycles. The van der Waals surface area contributed by atoms with Gasteiger partial charge in [0.05, 0.1) is 17.8 Å². The Labute approximate surface area is 109 Å². The van der Waals surface area contributed by atoms with Crippen LogP contribution in [0.4, 0.5) is 18.9 Å². The predicted molar refractivity (Wildman–Crippen MR) is 67.5 cm³/mol. The Hall–Kier alpha value is -0.690. The summed E-state index contributed by atoms with van der Waals surface area (Å²) in [7, 11) is 0. The molecule has 92 valence electrons. The van der Waals surface area contributed by atoms with Crippen LogP contribution in [0.5, 0.6) is 0 Å². The highest BCUT2D eigenvalue weighted by Gasteiger charge is 2.34. The fraction of sp³-hybridized carbons (Fsp3) is 0.300. The van der Waals surface area contributed by atoms with Gasteiger partial charge in [0, 0.05) is 10.2 Å². The van der Waals surface area contributed by atoms with E-state index in [-0.39, 0.29) is 5.69 Å². The predicted octanol–water partition coefficient (Wildman–Crippen LogP) is 3.98. The average Bonchev–Trinajstić information content (AvgIpc) is 2.72. The second-order valence-electron chi connectivity index (χ2n) is 3.35. The van der Waals surface area contributed by atoms with Gasteiger partial charge in [-0.1, -0.05) is 27.7 Å². The van der Waals surface area contributed by atoms with Crippen molar-refractivity contribution in [2.75, 3.05) is 17.6 Å². The second-order valence-corrected chi connectivity index (χ2v) is 5.35. The molecule has 7 heteroatoms. The van der Waals surface area contributed by atoms with Crippen LogP contribution in [0, 0.1) is 0 Å². The van der Waals surface area contributed by atoms with Crippen LogP contribution in [0.3, 0.4) is 0 Å². The topological polar surface area (TPSA) is 24.4 Å². The molecule has 0 spiro atoms. The van der Waals surface area contributed by atoms with Crippen molar-refractivity contribution < 1.29 is 13.2 Å². The number of hydrogen-bond acceptors (Lipinski definition) is 3. The first-order valence-electron chi connectivity index (χ1n) is 4.78. The van der Waals surface area contributed by atoms with Crippen molar-refractivity contribution in [3.63, 3.8) is 0 Å². The lowest BCUT2D eigenvalue weighted by molar-refractivity contribution is -0.136. The van der Waals surface area contributed by atoms with Gasteiger partial charge in [-0.25, -0.2) is 0 Å². The summed E-state index contributed by atoms with van der Waals surface area (Å²) in [5.74, 6) is 0.806. The molecule has 1 aliphatic heterocycles. The molecule has 0 bridgehead atoms. The van der Waals surface area contributed by atoms with Crippen molar-refractivity contribution in [2.45, 2.75) is 6.18 Å². The number of benzene rings is 1. The van der Waals surface area contributed by atoms with E-state index in [2.05, 4.69) is 26.2 Å². The van der Waals surface area contributed by atoms with Crippen LogP contribution in [-0.4, -0.2) is 17.5 Å². The van der Waals surface area contributed by atoms with Gasteiger partial charge >= 0.3 is 6.18 Å². The van der Waals surface area contributed by atoms with Gasteiger partial charge in [-0.3, -0.25) is 4.99 Å². The molecule has 0 fully saturated rings. The van der Waals surface area contributed by atoms with E-state index in [0.717, 1.165) is 11.8 Å². The van der Waals surface area contributed by atoms with E-state index in [0.29, 0.717) is 16.2 Å². The van der Waals surface area contributed by atoms with E-state index in [1.165, 1.54) is 17.8 Å². The Bertz CT molecular complexity index is 459. The van der Waals surface area contributed by atoms with E-state index >= 15 is 0 Å². The molecule has 0 unspecified atom stereocenters. The second kappa shape index (κ2) is 4.89. The van der Waals surface area contributed by atoms with Crippen molar-refractivity contribution in [2.24, 2.45) is 4.99 Å². The molecule has 17 heavy (non-hydrogen) atoms. The molecule has 2 nitrogen and oxygen atoms in total. The number of anilines is 1. The summed E-state index contributed by atoms with van der Waals surface area (Å²) in [5.41, 5.74) is -0.657. The number of nitrogens with one attached hydrogen (secondary N) is 1. The van der Waals surface area contributed by atoms with Crippen LogP contribution in [-0.2, 0) is 6.18 Å². The van der Waals surface area contributed by atoms with Crippen LogP contribution >= 0.6 is 27.7 Å². The molecule has 1 aromatic carbocycles. The number of amidine groups is 1. The van der Waals surface area contributed by atoms with Crippen molar-refractivity contribution in [1.82, 2.24) is 0 Å². The summed E-state index contributed by atoms with van der Waals surface area (Å²) in [6.07, 6.45) is -4.38. The standard InChI is InChI=1S/C10H8BrF3N2S/c11-6-1-2-8(7(5-6)10(12,13)14)16-9-15-3-4-17-9/h1-2,5H,3-4H2,(H,15,16). The zero-order chi connectivity index (χ0) is 12.5. The first-order chi connectivity index (χ1) is 7.97. The molecule has 0 saturated carbocycles. The molecule has 1 N–H and O–H groups in total. The highest BCUT2D eigenvalue weighted by atomic mass is 79.9. The molecular weight excluding hydrogens is 317 g/mol. The van der Waals surface area contributed by atoms with Gasteiger partial charge in [0.25, 0.3) is 0 Å². The number of hydrogen-bond donors (Lipinski definition) is 1. The number of alkyl halides is 3. The third kappa shape index (κ3) is 3.16. The summed E-state index contributed by atoms with van der Waals surface area (Å²) in [4.78, 5) is 4.07. The smallest absolute Gasteiger partial charge is 0.334 e. The lowest BCUT2D eigenvalue weighted by atomic mass is 10.2. The molecule has 0 aromatic heterocycles. The Balaban J connectivity index is 2.32. The van der Waals surface area contributed by atoms with Gasteiger partial charge < -0.3 is 5.32 Å². The molecule has 0 atom stereocenters. The van der Waals surface area contributed by atoms with Crippen LogP contribution in [0.1, 0.15) is 5.56 Å². The molecule has 2 rings (SSSR count). The summed E-state index contributed by atoms with van der Waals surface area (Å²) in [5, 5.41) is 3.25. The maximum absolute atomic E-state index is 12.8. The fourth-order valence-electron chi connectivity index (χ4n) is 1.39. The van der Waals surface area contributed by atoms with Gasteiger partial charge in [0.2, 0.25) is 0 Å². The summed E-state index contributed by atoms with van der Waals surface area (Å²) in [6.45, 7) is 0.644. The molecule has 1 heterocycles. The number of aliphatic imine (C=N–C) groups is 1. The average molecular weight is 325 g/mol. The Morgan fingerprint density at radius 3 is 2.71 bits per heavy atom.